The minimum Gasteiger partial charge on any atom is -0.206 e. The lowest BCUT2D eigenvalue weighted by Crippen LogP contribution is -1.88. The summed E-state index contributed by atoms with van der Waals surface area (Å²) in [6, 6.07) is 14.2. The molecule has 0 aliphatic carbocycles. The fraction of sp³-hybridized carbons (Fsp3) is 0. The monoisotopic (exact) mass is 243 g/mol. The minimum atomic E-state index is -0.256. The highest BCUT2D eigenvalue weighted by atomic mass is 32.1. The Balaban J connectivity index is 2.68. The zero-order valence-electron chi connectivity index (χ0n) is 8.81. The van der Waals surface area contributed by atoms with Crippen LogP contribution in [0.2, 0.25) is 0 Å². The van der Waals surface area contributed by atoms with Crippen molar-refractivity contribution in [3.05, 3.63) is 54.3 Å². The highest BCUT2D eigenvalue weighted by Crippen LogP contribution is 2.31. The van der Waals surface area contributed by atoms with Gasteiger partial charge in [-0.1, -0.05) is 36.4 Å². The van der Waals surface area contributed by atoms with E-state index in [9.17, 15) is 8.60 Å². The van der Waals surface area contributed by atoms with Gasteiger partial charge in [-0.3, -0.25) is 0 Å². The Morgan fingerprint density at radius 3 is 1.59 bits per heavy atom. The number of fused-ring (bicyclic) bond motifs is 2. The Kier molecular flexibility index (Phi) is 2.34. The minimum absolute atomic E-state index is 0.256. The van der Waals surface area contributed by atoms with Crippen LogP contribution in [0.1, 0.15) is 0 Å². The summed E-state index contributed by atoms with van der Waals surface area (Å²) in [5.74, 6) is -0.256. The van der Waals surface area contributed by atoms with Crippen molar-refractivity contribution >= 4 is 33.2 Å². The Morgan fingerprint density at radius 1 is 0.765 bits per heavy atom. The highest BCUT2D eigenvalue weighted by molar-refractivity contribution is 7.66. The molecule has 0 heterocycles. The first-order valence-electron chi connectivity index (χ1n) is 5.21. The maximum atomic E-state index is 14.3. The maximum Gasteiger partial charge on any atom is 0.506 e. The van der Waals surface area contributed by atoms with Crippen molar-refractivity contribution in [2.24, 2.45) is 0 Å². The molecule has 3 aromatic rings. The van der Waals surface area contributed by atoms with Crippen LogP contribution in [0.3, 0.4) is 0 Å². The van der Waals surface area contributed by atoms with Gasteiger partial charge in [0.1, 0.15) is 5.82 Å². The van der Waals surface area contributed by atoms with E-state index in [2.05, 4.69) is 0 Å². The van der Waals surface area contributed by atoms with Crippen LogP contribution in [-0.2, 0) is 15.9 Å². The molecule has 0 spiro atoms. The molecule has 0 bridgehead atoms. The van der Waals surface area contributed by atoms with Gasteiger partial charge in [0.2, 0.25) is 0 Å². The lowest BCUT2D eigenvalue weighted by molar-refractivity contribution is 0.605. The fourth-order valence-corrected chi connectivity index (χ4v) is 2.66. The molecule has 0 aliphatic heterocycles. The number of benzene rings is 3. The van der Waals surface area contributed by atoms with E-state index in [1.54, 1.807) is 36.4 Å². The zero-order valence-corrected chi connectivity index (χ0v) is 9.63. The summed E-state index contributed by atoms with van der Waals surface area (Å²) in [6.07, 6.45) is 0. The Morgan fingerprint density at radius 2 is 1.18 bits per heavy atom. The highest BCUT2D eigenvalue weighted by Gasteiger charge is 2.21. The summed E-state index contributed by atoms with van der Waals surface area (Å²) in [6.45, 7) is 0. The first kappa shape index (κ1) is 10.3. The van der Waals surface area contributed by atoms with Gasteiger partial charge in [0.05, 0.1) is 10.8 Å². The summed E-state index contributed by atoms with van der Waals surface area (Å²) in [4.78, 5) is 0.595. The second-order valence-corrected chi connectivity index (χ2v) is 4.39. The van der Waals surface area contributed by atoms with Crippen molar-refractivity contribution < 1.29 is 8.60 Å². The van der Waals surface area contributed by atoms with Crippen LogP contribution in [0.25, 0.3) is 21.5 Å². The molecule has 0 amide bonds. The summed E-state index contributed by atoms with van der Waals surface area (Å²) in [5, 5.41) is 2.38. The van der Waals surface area contributed by atoms with Crippen molar-refractivity contribution in [3.63, 3.8) is 0 Å². The van der Waals surface area contributed by atoms with Gasteiger partial charge in [-0.2, -0.15) is 0 Å². The molecule has 1 nitrogen and oxygen atoms in total. The van der Waals surface area contributed by atoms with Crippen LogP contribution in [0, 0.1) is 5.82 Å². The van der Waals surface area contributed by atoms with Crippen LogP contribution in [0.4, 0.5) is 4.39 Å². The van der Waals surface area contributed by atoms with Gasteiger partial charge in [0, 0.05) is 15.0 Å². The molecule has 17 heavy (non-hydrogen) atoms. The van der Waals surface area contributed by atoms with Gasteiger partial charge >= 0.3 is 16.6 Å². The first-order chi connectivity index (χ1) is 8.33. The summed E-state index contributed by atoms with van der Waals surface area (Å²) in [7, 11) is 0. The molecule has 0 atom stereocenters. The second kappa shape index (κ2) is 3.86. The van der Waals surface area contributed by atoms with Crippen LogP contribution >= 0.6 is 0 Å². The zero-order chi connectivity index (χ0) is 11.8. The lowest BCUT2D eigenvalue weighted by atomic mass is 10.0. The Bertz CT molecular complexity index is 680. The van der Waals surface area contributed by atoms with Crippen LogP contribution in [0.5, 0.6) is 0 Å². The molecular weight excluding hydrogens is 235 g/mol. The molecule has 3 rings (SSSR count). The van der Waals surface area contributed by atoms with Crippen molar-refractivity contribution in [1.82, 2.24) is 0 Å². The van der Waals surface area contributed by atoms with Crippen molar-refractivity contribution in [3.8, 4) is 0 Å². The predicted molar refractivity (Wildman–Crippen MR) is 67.7 cm³/mol. The van der Waals surface area contributed by atoms with E-state index in [0.717, 1.165) is 0 Å². The van der Waals surface area contributed by atoms with E-state index in [1.165, 1.54) is 0 Å². The number of hydrogen-bond acceptors (Lipinski definition) is 1. The lowest BCUT2D eigenvalue weighted by Gasteiger charge is -2.02. The number of hydrogen-bond donors (Lipinski definition) is 0. The van der Waals surface area contributed by atoms with Gasteiger partial charge < -0.3 is 0 Å². The number of rotatable bonds is 1. The Labute approximate surface area is 101 Å². The van der Waals surface area contributed by atoms with Gasteiger partial charge in [-0.25, -0.2) is 4.39 Å². The van der Waals surface area contributed by atoms with Crippen molar-refractivity contribution in [2.45, 2.75) is 4.90 Å². The molecule has 82 valence electrons. The third-order valence-electron chi connectivity index (χ3n) is 2.90. The molecule has 0 fully saturated rings. The van der Waals surface area contributed by atoms with Gasteiger partial charge in [-0.15, -0.1) is 0 Å². The molecule has 3 aromatic carbocycles. The maximum absolute atomic E-state index is 14.3. The molecule has 0 N–H and O–H groups in total. The molecule has 3 heteroatoms. The van der Waals surface area contributed by atoms with Crippen LogP contribution in [0.15, 0.2) is 53.4 Å². The summed E-state index contributed by atoms with van der Waals surface area (Å²) >= 11 is 0.420. The molecular formula is C14H8FOS+. The standard InChI is InChI=1S/C14H8FOS/c15-13-9-5-1-3-7-11(9)14(17-16)12-8-4-2-6-10(12)13/h1-8H/q+1. The second-order valence-electron chi connectivity index (χ2n) is 3.82. The third-order valence-corrected chi connectivity index (χ3v) is 3.51. The quantitative estimate of drug-likeness (QED) is 0.467. The van der Waals surface area contributed by atoms with Crippen LogP contribution < -0.4 is 0 Å². The summed E-state index contributed by atoms with van der Waals surface area (Å²) < 4.78 is 25.5. The molecule has 0 saturated carbocycles. The normalized spacial score (nSPS) is 10.9. The molecule has 0 saturated heterocycles. The topological polar surface area (TPSA) is 17.1 Å². The van der Waals surface area contributed by atoms with E-state index in [1.807, 2.05) is 12.1 Å². The van der Waals surface area contributed by atoms with Gasteiger partial charge in [-0.05, 0) is 12.1 Å². The largest absolute Gasteiger partial charge is 0.506 e. The van der Waals surface area contributed by atoms with E-state index in [0.29, 0.717) is 38.1 Å². The summed E-state index contributed by atoms with van der Waals surface area (Å²) in [5.41, 5.74) is 0. The fourth-order valence-electron chi connectivity index (χ4n) is 2.12. The average molecular weight is 243 g/mol. The smallest absolute Gasteiger partial charge is 0.206 e. The van der Waals surface area contributed by atoms with E-state index in [4.69, 9.17) is 0 Å². The molecule has 0 aliphatic rings. The number of halogens is 1. The molecule has 0 aromatic heterocycles. The van der Waals surface area contributed by atoms with E-state index in [-0.39, 0.29) is 5.82 Å². The van der Waals surface area contributed by atoms with E-state index < -0.39 is 0 Å². The average Bonchev–Trinajstić information content (AvgIpc) is 2.40. The Hall–Kier alpha value is -1.87. The van der Waals surface area contributed by atoms with Crippen LogP contribution in [-0.4, -0.2) is 0 Å². The van der Waals surface area contributed by atoms with Crippen molar-refractivity contribution in [1.29, 1.82) is 0 Å². The first-order valence-corrected chi connectivity index (χ1v) is 5.96. The third kappa shape index (κ3) is 1.43. The van der Waals surface area contributed by atoms with Gasteiger partial charge in [0.25, 0.3) is 0 Å². The molecule has 0 unspecified atom stereocenters. The van der Waals surface area contributed by atoms with Crippen molar-refractivity contribution in [2.75, 3.05) is 0 Å². The van der Waals surface area contributed by atoms with Gasteiger partial charge in [0.15, 0.2) is 0 Å². The SMILES string of the molecule is O=[S+]c1c2ccccc2c(F)c2ccccc12. The van der Waals surface area contributed by atoms with E-state index >= 15 is 0 Å². The predicted octanol–water partition coefficient (Wildman–Crippen LogP) is 3.92. The molecule has 0 radical (unpaired) electrons.